The van der Waals surface area contributed by atoms with Crippen molar-refractivity contribution in [3.05, 3.63) is 22.4 Å². The number of piperidine rings is 1. The normalized spacial score (nSPS) is 21.9. The van der Waals surface area contributed by atoms with Gasteiger partial charge >= 0.3 is 0 Å². The molecule has 0 bridgehead atoms. The molecule has 2 nitrogen and oxygen atoms in total. The van der Waals surface area contributed by atoms with Crippen molar-refractivity contribution in [2.75, 3.05) is 6.54 Å². The zero-order valence-corrected chi connectivity index (χ0v) is 10.1. The molecule has 1 aliphatic heterocycles. The van der Waals surface area contributed by atoms with E-state index in [0.717, 1.165) is 25.9 Å². The average molecular weight is 223 g/mol. The van der Waals surface area contributed by atoms with Crippen LogP contribution in [0.4, 0.5) is 0 Å². The van der Waals surface area contributed by atoms with Gasteiger partial charge in [0.15, 0.2) is 5.78 Å². The van der Waals surface area contributed by atoms with Crippen molar-refractivity contribution in [2.24, 2.45) is 0 Å². The standard InChI is InChI=1S/C12H17NOS/c1-12(2)11(14)6-3-7-13(12)9-10-5-4-8-15-10/h4-5,8H,3,6-7,9H2,1-2H3. The highest BCUT2D eigenvalue weighted by Gasteiger charge is 2.36. The van der Waals surface area contributed by atoms with Gasteiger partial charge in [-0.15, -0.1) is 11.3 Å². The smallest absolute Gasteiger partial charge is 0.152 e. The van der Waals surface area contributed by atoms with E-state index in [1.54, 1.807) is 11.3 Å². The van der Waals surface area contributed by atoms with E-state index in [1.807, 2.05) is 13.8 Å². The van der Waals surface area contributed by atoms with Gasteiger partial charge in [-0.2, -0.15) is 0 Å². The molecule has 1 aromatic heterocycles. The fourth-order valence-corrected chi connectivity index (χ4v) is 2.78. The van der Waals surface area contributed by atoms with Gasteiger partial charge in [0.2, 0.25) is 0 Å². The second-order valence-electron chi connectivity index (χ2n) is 4.59. The summed E-state index contributed by atoms with van der Waals surface area (Å²) in [6.45, 7) is 6.04. The number of Topliss-reactive ketones (excluding diaryl/α,β-unsaturated/α-hetero) is 1. The number of hydrogen-bond acceptors (Lipinski definition) is 3. The molecule has 3 heteroatoms. The summed E-state index contributed by atoms with van der Waals surface area (Å²) in [6.07, 6.45) is 1.75. The lowest BCUT2D eigenvalue weighted by Crippen LogP contribution is -2.53. The van der Waals surface area contributed by atoms with Gasteiger partial charge in [0.1, 0.15) is 0 Å². The number of ketones is 1. The van der Waals surface area contributed by atoms with Gasteiger partial charge in [-0.05, 0) is 38.3 Å². The summed E-state index contributed by atoms with van der Waals surface area (Å²) in [6, 6.07) is 4.21. The number of carbonyl (C=O) groups excluding carboxylic acids is 1. The highest BCUT2D eigenvalue weighted by atomic mass is 32.1. The van der Waals surface area contributed by atoms with E-state index in [4.69, 9.17) is 0 Å². The summed E-state index contributed by atoms with van der Waals surface area (Å²) < 4.78 is 0. The number of hydrogen-bond donors (Lipinski definition) is 0. The molecule has 1 aliphatic rings. The van der Waals surface area contributed by atoms with Gasteiger partial charge in [0.25, 0.3) is 0 Å². The second kappa shape index (κ2) is 4.06. The lowest BCUT2D eigenvalue weighted by molar-refractivity contribution is -0.133. The third-order valence-electron chi connectivity index (χ3n) is 3.23. The van der Waals surface area contributed by atoms with Crippen LogP contribution in [0.5, 0.6) is 0 Å². The molecule has 0 amide bonds. The molecule has 2 rings (SSSR count). The van der Waals surface area contributed by atoms with Gasteiger partial charge < -0.3 is 0 Å². The fraction of sp³-hybridized carbons (Fsp3) is 0.583. The molecular formula is C12H17NOS. The molecule has 0 atom stereocenters. The Morgan fingerprint density at radius 2 is 2.33 bits per heavy atom. The predicted molar refractivity (Wildman–Crippen MR) is 63.0 cm³/mol. The van der Waals surface area contributed by atoms with Crippen LogP contribution >= 0.6 is 11.3 Å². The van der Waals surface area contributed by atoms with E-state index in [1.165, 1.54) is 4.88 Å². The van der Waals surface area contributed by atoms with Crippen molar-refractivity contribution < 1.29 is 4.79 Å². The Morgan fingerprint density at radius 1 is 1.53 bits per heavy atom. The van der Waals surface area contributed by atoms with Gasteiger partial charge in [0, 0.05) is 17.8 Å². The summed E-state index contributed by atoms with van der Waals surface area (Å²) in [5.74, 6) is 0.380. The summed E-state index contributed by atoms with van der Waals surface area (Å²) in [5, 5.41) is 2.09. The van der Waals surface area contributed by atoms with Crippen LogP contribution in [0.15, 0.2) is 17.5 Å². The number of likely N-dealkylation sites (tertiary alicyclic amines) is 1. The van der Waals surface area contributed by atoms with Crippen LogP contribution in [-0.2, 0) is 11.3 Å². The quantitative estimate of drug-likeness (QED) is 0.768. The second-order valence-corrected chi connectivity index (χ2v) is 5.62. The molecule has 2 heterocycles. The van der Waals surface area contributed by atoms with Crippen LogP contribution in [0.3, 0.4) is 0 Å². The monoisotopic (exact) mass is 223 g/mol. The first kappa shape index (κ1) is 10.8. The first-order valence-corrected chi connectivity index (χ1v) is 6.29. The summed E-state index contributed by atoms with van der Waals surface area (Å²) in [4.78, 5) is 15.5. The van der Waals surface area contributed by atoms with E-state index in [9.17, 15) is 4.79 Å². The SMILES string of the molecule is CC1(C)C(=O)CCCN1Cc1cccs1. The maximum atomic E-state index is 11.8. The number of rotatable bonds is 2. The van der Waals surface area contributed by atoms with Gasteiger partial charge in [-0.25, -0.2) is 0 Å². The fourth-order valence-electron chi connectivity index (χ4n) is 2.06. The number of carbonyl (C=O) groups is 1. The molecule has 0 N–H and O–H groups in total. The Kier molecular flexibility index (Phi) is 2.94. The van der Waals surface area contributed by atoms with E-state index in [0.29, 0.717) is 5.78 Å². The number of thiophene rings is 1. The van der Waals surface area contributed by atoms with Crippen LogP contribution in [0.1, 0.15) is 31.6 Å². The Morgan fingerprint density at radius 3 is 3.00 bits per heavy atom. The Labute approximate surface area is 94.9 Å². The lowest BCUT2D eigenvalue weighted by Gasteiger charge is -2.40. The van der Waals surface area contributed by atoms with Gasteiger partial charge in [0.05, 0.1) is 5.54 Å². The van der Waals surface area contributed by atoms with E-state index < -0.39 is 0 Å². The zero-order chi connectivity index (χ0) is 10.9. The van der Waals surface area contributed by atoms with Crippen molar-refractivity contribution in [3.8, 4) is 0 Å². The van der Waals surface area contributed by atoms with E-state index in [2.05, 4.69) is 22.4 Å². The highest BCUT2D eigenvalue weighted by Crippen LogP contribution is 2.27. The molecule has 0 spiro atoms. The molecular weight excluding hydrogens is 206 g/mol. The van der Waals surface area contributed by atoms with Crippen molar-refractivity contribution in [1.29, 1.82) is 0 Å². The molecule has 1 fully saturated rings. The van der Waals surface area contributed by atoms with Crippen molar-refractivity contribution in [2.45, 2.75) is 38.8 Å². The molecule has 0 unspecified atom stereocenters. The highest BCUT2D eigenvalue weighted by molar-refractivity contribution is 7.09. The van der Waals surface area contributed by atoms with Gasteiger partial charge in [-0.1, -0.05) is 6.07 Å². The van der Waals surface area contributed by atoms with Crippen molar-refractivity contribution >= 4 is 17.1 Å². The first-order valence-electron chi connectivity index (χ1n) is 5.41. The summed E-state index contributed by atoms with van der Waals surface area (Å²) in [7, 11) is 0. The minimum Gasteiger partial charge on any atom is -0.298 e. The minimum atomic E-state index is -0.276. The first-order chi connectivity index (χ1) is 7.10. The minimum absolute atomic E-state index is 0.276. The third-order valence-corrected chi connectivity index (χ3v) is 4.09. The molecule has 0 aromatic carbocycles. The van der Waals surface area contributed by atoms with Crippen LogP contribution in [0.2, 0.25) is 0 Å². The molecule has 0 radical (unpaired) electrons. The Balaban J connectivity index is 2.11. The summed E-state index contributed by atoms with van der Waals surface area (Å²) in [5.41, 5.74) is -0.276. The zero-order valence-electron chi connectivity index (χ0n) is 9.32. The molecule has 1 aromatic rings. The maximum absolute atomic E-state index is 11.8. The molecule has 15 heavy (non-hydrogen) atoms. The van der Waals surface area contributed by atoms with Crippen molar-refractivity contribution in [3.63, 3.8) is 0 Å². The molecule has 0 saturated carbocycles. The van der Waals surface area contributed by atoms with Crippen LogP contribution in [0.25, 0.3) is 0 Å². The van der Waals surface area contributed by atoms with Crippen LogP contribution < -0.4 is 0 Å². The van der Waals surface area contributed by atoms with Crippen LogP contribution in [0, 0.1) is 0 Å². The molecule has 0 aliphatic carbocycles. The molecule has 82 valence electrons. The van der Waals surface area contributed by atoms with E-state index >= 15 is 0 Å². The topological polar surface area (TPSA) is 20.3 Å². The Hall–Kier alpha value is -0.670. The van der Waals surface area contributed by atoms with Gasteiger partial charge in [-0.3, -0.25) is 9.69 Å². The Bertz CT molecular complexity index is 343. The maximum Gasteiger partial charge on any atom is 0.152 e. The third kappa shape index (κ3) is 2.13. The lowest BCUT2D eigenvalue weighted by atomic mass is 9.89. The largest absolute Gasteiger partial charge is 0.298 e. The number of nitrogens with zero attached hydrogens (tertiary/aromatic N) is 1. The predicted octanol–water partition coefficient (Wildman–Crippen LogP) is 2.69. The summed E-state index contributed by atoms with van der Waals surface area (Å²) >= 11 is 1.77. The van der Waals surface area contributed by atoms with Crippen LogP contribution in [-0.4, -0.2) is 22.8 Å². The average Bonchev–Trinajstić information content (AvgIpc) is 2.66. The van der Waals surface area contributed by atoms with Crippen molar-refractivity contribution in [1.82, 2.24) is 4.90 Å². The molecule has 1 saturated heterocycles. The van der Waals surface area contributed by atoms with E-state index in [-0.39, 0.29) is 5.54 Å².